The van der Waals surface area contributed by atoms with E-state index >= 15 is 0 Å². The number of carbonyl (C=O) groups excluding carboxylic acids is 3. The average molecular weight is 451 g/mol. The predicted octanol–water partition coefficient (Wildman–Crippen LogP) is 3.24. The minimum absolute atomic E-state index is 0. The quantitative estimate of drug-likeness (QED) is 0.588. The van der Waals surface area contributed by atoms with E-state index in [4.69, 9.17) is 0 Å². The molecule has 2 aliphatic carbocycles. The molecule has 1 fully saturated rings. The van der Waals surface area contributed by atoms with Crippen LogP contribution < -0.4 is 0 Å². The lowest BCUT2D eigenvalue weighted by Gasteiger charge is -2.39. The number of aliphatic hydroxyl groups is 2. The molecule has 0 heterocycles. The van der Waals surface area contributed by atoms with Crippen molar-refractivity contribution in [3.63, 3.8) is 0 Å². The van der Waals surface area contributed by atoms with Gasteiger partial charge in [-0.05, 0) is 61.5 Å². The molecule has 1 aromatic carbocycles. The number of ketones is 3. The molecule has 180 valence electrons. The summed E-state index contributed by atoms with van der Waals surface area (Å²) in [4.78, 5) is 37.7. The summed E-state index contributed by atoms with van der Waals surface area (Å²) in [6, 6.07) is 1.93. The fourth-order valence-corrected chi connectivity index (χ4v) is 5.23. The number of Topliss-reactive ketones (excluding diaryl/α,β-unsaturated/α-hetero) is 3. The fourth-order valence-electron chi connectivity index (χ4n) is 5.23. The molecule has 3 unspecified atom stereocenters. The number of benzene rings is 1. The number of aliphatic hydroxyl groups excluding tert-OH is 2. The molecule has 1 aromatic rings. The number of fused-ring (bicyclic) bond motifs is 2. The zero-order chi connectivity index (χ0) is 23.2. The van der Waals surface area contributed by atoms with Gasteiger partial charge in [-0.1, -0.05) is 26.8 Å². The Kier molecular flexibility index (Phi) is 7.37. The molecule has 0 radical (unpaired) electrons. The van der Waals surface area contributed by atoms with Crippen LogP contribution in [0.4, 0.5) is 0 Å². The molecular weight excluding hydrogens is 412 g/mol. The lowest BCUT2D eigenvalue weighted by atomic mass is 9.63. The maximum Gasteiger partial charge on any atom is 0.173 e. The zero-order valence-electron chi connectivity index (χ0n) is 19.4. The molecule has 0 aromatic heterocycles. The summed E-state index contributed by atoms with van der Waals surface area (Å²) in [6.45, 7) is 8.96. The van der Waals surface area contributed by atoms with Gasteiger partial charge < -0.3 is 20.8 Å². The maximum atomic E-state index is 13.5. The van der Waals surface area contributed by atoms with Gasteiger partial charge in [-0.2, -0.15) is 0 Å². The Balaban J connectivity index is 0.00000363. The van der Waals surface area contributed by atoms with E-state index in [9.17, 15) is 29.7 Å². The molecule has 0 amide bonds. The molecule has 32 heavy (non-hydrogen) atoms. The first-order chi connectivity index (χ1) is 14.4. The van der Waals surface area contributed by atoms with E-state index in [0.717, 1.165) is 11.1 Å². The second kappa shape index (κ2) is 9.16. The lowest BCUT2D eigenvalue weighted by molar-refractivity contribution is -0.137. The van der Waals surface area contributed by atoms with Crippen LogP contribution in [0.2, 0.25) is 0 Å². The number of rotatable bonds is 5. The van der Waals surface area contributed by atoms with E-state index in [1.54, 1.807) is 0 Å². The average Bonchev–Trinajstić information content (AvgIpc) is 2.62. The number of aromatic hydroxyl groups is 1. The summed E-state index contributed by atoms with van der Waals surface area (Å²) in [5.41, 5.74) is 2.51. The van der Waals surface area contributed by atoms with E-state index in [-0.39, 0.29) is 73.5 Å². The number of hydrogen-bond acceptors (Lipinski definition) is 6. The summed E-state index contributed by atoms with van der Waals surface area (Å²) in [5, 5.41) is 31.7. The third kappa shape index (κ3) is 4.36. The fraction of sp³-hybridized carbons (Fsp3) is 0.560. The van der Waals surface area contributed by atoms with Crippen LogP contribution in [0.1, 0.15) is 72.1 Å². The second-order valence-electron chi connectivity index (χ2n) is 10.1. The molecule has 3 rings (SSSR count). The van der Waals surface area contributed by atoms with Gasteiger partial charge in [0, 0.05) is 20.6 Å². The monoisotopic (exact) mass is 450 g/mol. The molecule has 0 bridgehead atoms. The van der Waals surface area contributed by atoms with Crippen molar-refractivity contribution >= 4 is 23.1 Å². The number of phenols is 1. The van der Waals surface area contributed by atoms with Crippen molar-refractivity contribution in [2.45, 2.75) is 65.7 Å². The van der Waals surface area contributed by atoms with Crippen molar-refractivity contribution in [1.29, 1.82) is 0 Å². The van der Waals surface area contributed by atoms with Crippen LogP contribution in [-0.2, 0) is 26.2 Å². The van der Waals surface area contributed by atoms with Gasteiger partial charge in [0.05, 0.1) is 17.9 Å². The van der Waals surface area contributed by atoms with Crippen molar-refractivity contribution in [3.05, 3.63) is 33.9 Å². The maximum absolute atomic E-state index is 13.5. The first-order valence-electron chi connectivity index (χ1n) is 10.8. The summed E-state index contributed by atoms with van der Waals surface area (Å²) < 4.78 is 0. The van der Waals surface area contributed by atoms with E-state index in [0.29, 0.717) is 18.4 Å². The van der Waals surface area contributed by atoms with Crippen LogP contribution in [-0.4, -0.2) is 44.8 Å². The van der Waals surface area contributed by atoms with E-state index < -0.39 is 17.5 Å². The Morgan fingerprint density at radius 2 is 1.84 bits per heavy atom. The topological polar surface area (TPSA) is 143 Å². The van der Waals surface area contributed by atoms with Crippen LogP contribution in [0.3, 0.4) is 0 Å². The highest BCUT2D eigenvalue weighted by Crippen LogP contribution is 2.49. The van der Waals surface area contributed by atoms with Crippen molar-refractivity contribution in [3.8, 4) is 5.75 Å². The van der Waals surface area contributed by atoms with E-state index in [1.807, 2.05) is 33.8 Å². The van der Waals surface area contributed by atoms with E-state index in [2.05, 4.69) is 0 Å². The summed E-state index contributed by atoms with van der Waals surface area (Å²) in [5.74, 6) is -3.30. The second-order valence-corrected chi connectivity index (χ2v) is 10.1. The molecule has 0 saturated heterocycles. The molecular formula is C25H38O7. The summed E-state index contributed by atoms with van der Waals surface area (Å²) in [6.07, 6.45) is 0.872. The SMILES string of the molecule is CC(=O)CC(=O)C1C(=O)C2=C(O)c3c(O)c(C(C)(C)C)cc(C)c3CC2CC1CCO.O.[HH].[HH]. The first-order valence-corrected chi connectivity index (χ1v) is 10.8. The number of aryl methyl sites for hydroxylation is 1. The van der Waals surface area contributed by atoms with Crippen LogP contribution >= 0.6 is 0 Å². The molecule has 0 spiro atoms. The van der Waals surface area contributed by atoms with Gasteiger partial charge in [0.1, 0.15) is 17.3 Å². The van der Waals surface area contributed by atoms with Gasteiger partial charge >= 0.3 is 0 Å². The lowest BCUT2D eigenvalue weighted by Crippen LogP contribution is -2.43. The van der Waals surface area contributed by atoms with Gasteiger partial charge in [0.25, 0.3) is 0 Å². The Morgan fingerprint density at radius 3 is 2.38 bits per heavy atom. The van der Waals surface area contributed by atoms with Crippen molar-refractivity contribution in [2.75, 3.05) is 6.61 Å². The Morgan fingerprint density at radius 1 is 1.22 bits per heavy atom. The van der Waals surface area contributed by atoms with Gasteiger partial charge in [-0.15, -0.1) is 0 Å². The number of carbonyl (C=O) groups is 3. The molecule has 7 nitrogen and oxygen atoms in total. The third-order valence-corrected chi connectivity index (χ3v) is 6.67. The van der Waals surface area contributed by atoms with Gasteiger partial charge in [0.15, 0.2) is 11.6 Å². The van der Waals surface area contributed by atoms with Crippen molar-refractivity contribution < 1.29 is 38.0 Å². The minimum Gasteiger partial charge on any atom is -0.507 e. The smallest absolute Gasteiger partial charge is 0.173 e. The zero-order valence-corrected chi connectivity index (χ0v) is 19.4. The number of phenolic OH excluding ortho intramolecular Hbond substituents is 1. The Labute approximate surface area is 191 Å². The molecule has 2 aliphatic rings. The normalized spacial score (nSPS) is 22.7. The standard InChI is InChI=1S/C25H32O6.H2O.2H2/c1-12-8-17(25(3,4)5)22(29)21-16(12)11-15-10-14(6-7-26)19(18(28)9-13(2)27)23(30)20(15)24(21)31;;;/h8,14-15,19,26,29,31H,6-7,9-11H2,1-5H3;1H2;2*1H. The molecule has 1 saturated carbocycles. The molecule has 0 aliphatic heterocycles. The highest BCUT2D eigenvalue weighted by atomic mass is 16.3. The van der Waals surface area contributed by atoms with Crippen molar-refractivity contribution in [2.24, 2.45) is 17.8 Å². The van der Waals surface area contributed by atoms with Crippen LogP contribution in [0.15, 0.2) is 11.6 Å². The largest absolute Gasteiger partial charge is 0.507 e. The molecule has 3 atom stereocenters. The highest BCUT2D eigenvalue weighted by molar-refractivity contribution is 6.17. The first kappa shape index (κ1) is 25.7. The Bertz CT molecular complexity index is 992. The van der Waals surface area contributed by atoms with Crippen molar-refractivity contribution in [1.82, 2.24) is 0 Å². The summed E-state index contributed by atoms with van der Waals surface area (Å²) in [7, 11) is 0. The molecule has 5 N–H and O–H groups in total. The van der Waals surface area contributed by atoms with Gasteiger partial charge in [-0.3, -0.25) is 14.4 Å². The van der Waals surface area contributed by atoms with E-state index in [1.165, 1.54) is 6.92 Å². The van der Waals surface area contributed by atoms with Gasteiger partial charge in [-0.25, -0.2) is 0 Å². The molecule has 7 heteroatoms. The number of hydrogen-bond donors (Lipinski definition) is 3. The van der Waals surface area contributed by atoms with Crippen LogP contribution in [0.5, 0.6) is 5.75 Å². The summed E-state index contributed by atoms with van der Waals surface area (Å²) >= 11 is 0. The highest BCUT2D eigenvalue weighted by Gasteiger charge is 2.47. The van der Waals surface area contributed by atoms with Crippen LogP contribution in [0, 0.1) is 24.7 Å². The number of allylic oxidation sites excluding steroid dienone is 1. The van der Waals surface area contributed by atoms with Gasteiger partial charge in [0.2, 0.25) is 0 Å². The third-order valence-electron chi connectivity index (χ3n) is 6.67. The predicted molar refractivity (Wildman–Crippen MR) is 125 cm³/mol. The minimum atomic E-state index is -1.06. The Hall–Kier alpha value is -2.51. The van der Waals surface area contributed by atoms with Crippen LogP contribution in [0.25, 0.3) is 5.76 Å².